The Morgan fingerprint density at radius 1 is 1.18 bits per heavy atom. The van der Waals surface area contributed by atoms with Gasteiger partial charge in [-0.25, -0.2) is 8.78 Å². The molecule has 0 heterocycles. The van der Waals surface area contributed by atoms with Crippen molar-refractivity contribution in [2.45, 2.75) is 6.43 Å². The lowest BCUT2D eigenvalue weighted by Crippen LogP contribution is -1.93. The predicted octanol–water partition coefficient (Wildman–Crippen LogP) is 2.96. The first-order valence-electron chi connectivity index (χ1n) is 3.24. The summed E-state index contributed by atoms with van der Waals surface area (Å²) >= 11 is 0. The van der Waals surface area contributed by atoms with Gasteiger partial charge in [0.15, 0.2) is 0 Å². The highest BCUT2D eigenvalue weighted by molar-refractivity contribution is 5.65. The number of allylic oxidation sites excluding steroid dienone is 1. The molecule has 0 unspecified atom stereocenters. The van der Waals surface area contributed by atoms with Gasteiger partial charge < -0.3 is 0 Å². The molecule has 0 N–H and O–H groups in total. The fourth-order valence-electron chi connectivity index (χ4n) is 0.778. The van der Waals surface area contributed by atoms with E-state index in [9.17, 15) is 8.78 Å². The van der Waals surface area contributed by atoms with E-state index in [0.717, 1.165) is 0 Å². The van der Waals surface area contributed by atoms with Gasteiger partial charge in [0, 0.05) is 5.57 Å². The number of hydrogen-bond acceptors (Lipinski definition) is 0. The zero-order valence-electron chi connectivity index (χ0n) is 5.93. The van der Waals surface area contributed by atoms with Gasteiger partial charge in [0.25, 0.3) is 6.43 Å². The number of hydrogen-bond donors (Lipinski definition) is 0. The van der Waals surface area contributed by atoms with Crippen molar-refractivity contribution in [3.05, 3.63) is 42.5 Å². The fourth-order valence-corrected chi connectivity index (χ4v) is 0.778. The molecule has 0 bridgehead atoms. The molecule has 0 aliphatic heterocycles. The first kappa shape index (κ1) is 7.92. The minimum absolute atomic E-state index is 0.120. The Morgan fingerprint density at radius 3 is 2.18 bits per heavy atom. The Kier molecular flexibility index (Phi) is 2.36. The molecule has 0 nitrogen and oxygen atoms in total. The number of halogens is 2. The molecule has 0 aliphatic rings. The zero-order valence-corrected chi connectivity index (χ0v) is 5.93. The molecule has 0 spiro atoms. The molecule has 0 aromatic heterocycles. The highest BCUT2D eigenvalue weighted by Crippen LogP contribution is 2.18. The van der Waals surface area contributed by atoms with Crippen LogP contribution in [0.5, 0.6) is 0 Å². The van der Waals surface area contributed by atoms with Crippen molar-refractivity contribution in [1.29, 1.82) is 0 Å². The van der Waals surface area contributed by atoms with Gasteiger partial charge in [0.2, 0.25) is 0 Å². The molecule has 0 saturated heterocycles. The van der Waals surface area contributed by atoms with Crippen LogP contribution in [0.2, 0.25) is 0 Å². The monoisotopic (exact) mass is 154 g/mol. The van der Waals surface area contributed by atoms with E-state index in [2.05, 4.69) is 6.58 Å². The Balaban J connectivity index is 2.86. The van der Waals surface area contributed by atoms with E-state index in [1.165, 1.54) is 0 Å². The van der Waals surface area contributed by atoms with Gasteiger partial charge in [-0.2, -0.15) is 0 Å². The third-order valence-electron chi connectivity index (χ3n) is 1.41. The minimum atomic E-state index is -2.46. The number of benzene rings is 1. The summed E-state index contributed by atoms with van der Waals surface area (Å²) < 4.78 is 24.0. The molecule has 0 fully saturated rings. The Bertz CT molecular complexity index is 239. The quantitative estimate of drug-likeness (QED) is 0.614. The molecule has 0 amide bonds. The van der Waals surface area contributed by atoms with Gasteiger partial charge in [0.1, 0.15) is 0 Å². The summed E-state index contributed by atoms with van der Waals surface area (Å²) in [6.07, 6.45) is -2.46. The second-order valence-corrected chi connectivity index (χ2v) is 2.19. The predicted molar refractivity (Wildman–Crippen MR) is 41.5 cm³/mol. The van der Waals surface area contributed by atoms with Gasteiger partial charge in [0.05, 0.1) is 0 Å². The summed E-state index contributed by atoms with van der Waals surface area (Å²) in [5.74, 6) is 0. The largest absolute Gasteiger partial charge is 0.263 e. The second-order valence-electron chi connectivity index (χ2n) is 2.19. The van der Waals surface area contributed by atoms with Crippen molar-refractivity contribution < 1.29 is 8.78 Å². The summed E-state index contributed by atoms with van der Waals surface area (Å²) in [5, 5.41) is 0. The summed E-state index contributed by atoms with van der Waals surface area (Å²) in [4.78, 5) is 0. The van der Waals surface area contributed by atoms with E-state index in [1.807, 2.05) is 0 Å². The molecule has 1 rings (SSSR count). The average molecular weight is 154 g/mol. The molecule has 0 atom stereocenters. The maximum atomic E-state index is 12.0. The summed E-state index contributed by atoms with van der Waals surface area (Å²) in [7, 11) is 0. The zero-order chi connectivity index (χ0) is 8.27. The third kappa shape index (κ3) is 1.87. The van der Waals surface area contributed by atoms with Crippen LogP contribution in [-0.4, -0.2) is 6.43 Å². The summed E-state index contributed by atoms with van der Waals surface area (Å²) in [6.45, 7) is 3.27. The van der Waals surface area contributed by atoms with Crippen molar-refractivity contribution in [1.82, 2.24) is 0 Å². The third-order valence-corrected chi connectivity index (χ3v) is 1.41. The van der Waals surface area contributed by atoms with E-state index in [1.54, 1.807) is 30.3 Å². The van der Waals surface area contributed by atoms with Crippen molar-refractivity contribution in [3.8, 4) is 0 Å². The standard InChI is InChI=1S/C9H8F2/c1-7(9(10)11)8-5-3-2-4-6-8/h2-6,9H,1H2. The molecule has 0 aliphatic carbocycles. The van der Waals surface area contributed by atoms with Crippen LogP contribution in [0.1, 0.15) is 5.56 Å². The maximum absolute atomic E-state index is 12.0. The molecule has 11 heavy (non-hydrogen) atoms. The molecule has 1 aromatic rings. The van der Waals surface area contributed by atoms with Crippen LogP contribution in [0.3, 0.4) is 0 Å². The van der Waals surface area contributed by atoms with Crippen LogP contribution < -0.4 is 0 Å². The molecule has 0 radical (unpaired) electrons. The van der Waals surface area contributed by atoms with E-state index >= 15 is 0 Å². The van der Waals surface area contributed by atoms with Crippen molar-refractivity contribution in [2.24, 2.45) is 0 Å². The average Bonchev–Trinajstić information content (AvgIpc) is 2.05. The maximum Gasteiger partial charge on any atom is 0.263 e. The molecule has 2 heteroatoms. The molecule has 0 saturated carbocycles. The van der Waals surface area contributed by atoms with Gasteiger partial charge >= 0.3 is 0 Å². The smallest absolute Gasteiger partial charge is 0.205 e. The van der Waals surface area contributed by atoms with E-state index in [0.29, 0.717) is 5.56 Å². The molecular formula is C9H8F2. The normalized spacial score (nSPS) is 10.1. The van der Waals surface area contributed by atoms with Crippen molar-refractivity contribution in [3.63, 3.8) is 0 Å². The van der Waals surface area contributed by atoms with Gasteiger partial charge in [-0.3, -0.25) is 0 Å². The van der Waals surface area contributed by atoms with Crippen LogP contribution in [0.15, 0.2) is 36.9 Å². The lowest BCUT2D eigenvalue weighted by molar-refractivity contribution is 0.215. The summed E-state index contributed by atoms with van der Waals surface area (Å²) in [5.41, 5.74) is 0.383. The van der Waals surface area contributed by atoms with Gasteiger partial charge in [-0.1, -0.05) is 36.9 Å². The van der Waals surface area contributed by atoms with Crippen LogP contribution in [0, 0.1) is 0 Å². The highest BCUT2D eigenvalue weighted by Gasteiger charge is 2.08. The van der Waals surface area contributed by atoms with Crippen LogP contribution >= 0.6 is 0 Å². The first-order valence-corrected chi connectivity index (χ1v) is 3.24. The lowest BCUT2D eigenvalue weighted by atomic mass is 10.1. The molecule has 58 valence electrons. The van der Waals surface area contributed by atoms with E-state index < -0.39 is 6.43 Å². The minimum Gasteiger partial charge on any atom is -0.205 e. The highest BCUT2D eigenvalue weighted by atomic mass is 19.3. The Morgan fingerprint density at radius 2 is 1.73 bits per heavy atom. The second kappa shape index (κ2) is 3.28. The van der Waals surface area contributed by atoms with Crippen LogP contribution in [-0.2, 0) is 0 Å². The summed E-state index contributed by atoms with van der Waals surface area (Å²) in [6, 6.07) is 8.44. The SMILES string of the molecule is C=C(c1ccccc1)C(F)F. The van der Waals surface area contributed by atoms with Gasteiger partial charge in [-0.05, 0) is 5.56 Å². The lowest BCUT2D eigenvalue weighted by Gasteiger charge is -2.02. The van der Waals surface area contributed by atoms with Gasteiger partial charge in [-0.15, -0.1) is 0 Å². The Hall–Kier alpha value is -1.18. The fraction of sp³-hybridized carbons (Fsp3) is 0.111. The van der Waals surface area contributed by atoms with E-state index in [4.69, 9.17) is 0 Å². The molecular weight excluding hydrogens is 146 g/mol. The Labute approximate surface area is 64.2 Å². The molecule has 1 aromatic carbocycles. The van der Waals surface area contributed by atoms with E-state index in [-0.39, 0.29) is 5.57 Å². The number of alkyl halides is 2. The van der Waals surface area contributed by atoms with Crippen LogP contribution in [0.25, 0.3) is 5.57 Å². The first-order chi connectivity index (χ1) is 5.22. The van der Waals surface area contributed by atoms with Crippen molar-refractivity contribution >= 4 is 5.57 Å². The topological polar surface area (TPSA) is 0 Å². The van der Waals surface area contributed by atoms with Crippen LogP contribution in [0.4, 0.5) is 8.78 Å². The number of rotatable bonds is 2. The van der Waals surface area contributed by atoms with Crippen molar-refractivity contribution in [2.75, 3.05) is 0 Å².